The number of carbonyl (C=O) groups excluding carboxylic acids is 1. The molecule has 1 aromatic rings. The third kappa shape index (κ3) is 5.60. The van der Waals surface area contributed by atoms with Crippen molar-refractivity contribution >= 4 is 17.6 Å². The van der Waals surface area contributed by atoms with Crippen LogP contribution in [0.2, 0.25) is 0 Å². The minimum Gasteiger partial charge on any atom is -0.476 e. The molecule has 1 atom stereocenters. The normalized spacial score (nSPS) is 17.1. The molecule has 0 saturated heterocycles. The van der Waals surface area contributed by atoms with Crippen molar-refractivity contribution in [2.75, 3.05) is 18.5 Å². The molecule has 9 heteroatoms. The third-order valence-electron chi connectivity index (χ3n) is 4.51. The van der Waals surface area contributed by atoms with Crippen molar-refractivity contribution in [1.29, 1.82) is 0 Å². The number of halogens is 1. The van der Waals surface area contributed by atoms with Crippen LogP contribution < -0.4 is 16.5 Å². The first-order valence-electron chi connectivity index (χ1n) is 9.63. The lowest BCUT2D eigenvalue weighted by Gasteiger charge is -2.26. The van der Waals surface area contributed by atoms with Crippen LogP contribution in [0.5, 0.6) is 0 Å². The largest absolute Gasteiger partial charge is 0.476 e. The van der Waals surface area contributed by atoms with Gasteiger partial charge in [-0.15, -0.1) is 0 Å². The number of benzene rings is 1. The van der Waals surface area contributed by atoms with E-state index in [9.17, 15) is 14.4 Å². The van der Waals surface area contributed by atoms with Gasteiger partial charge < -0.3 is 15.8 Å². The summed E-state index contributed by atoms with van der Waals surface area (Å²) in [6, 6.07) is 2.09. The van der Waals surface area contributed by atoms with Crippen molar-refractivity contribution in [3.63, 3.8) is 0 Å². The number of hydrogen-bond acceptors (Lipinski definition) is 6. The smallest absolute Gasteiger partial charge is 0.339 e. The summed E-state index contributed by atoms with van der Waals surface area (Å²) in [5.74, 6) is -0.00270. The Labute approximate surface area is 170 Å². The minimum absolute atomic E-state index is 0.0133. The van der Waals surface area contributed by atoms with Gasteiger partial charge in [-0.2, -0.15) is 5.17 Å². The predicted molar refractivity (Wildman–Crippen MR) is 110 cm³/mol. The van der Waals surface area contributed by atoms with Gasteiger partial charge in [0.15, 0.2) is 5.70 Å². The van der Waals surface area contributed by atoms with Crippen molar-refractivity contribution in [1.82, 2.24) is 10.6 Å². The molecule has 1 heterocycles. The number of ether oxygens (including phenoxy) is 1. The number of hydrogen-bond donors (Lipinski definition) is 4. The zero-order chi connectivity index (χ0) is 21.7. The van der Waals surface area contributed by atoms with E-state index in [0.29, 0.717) is 35.1 Å². The first-order chi connectivity index (χ1) is 13.6. The van der Waals surface area contributed by atoms with E-state index in [2.05, 4.69) is 15.7 Å². The second-order valence-electron chi connectivity index (χ2n) is 7.76. The molecular weight excluding hydrogens is 377 g/mol. The van der Waals surface area contributed by atoms with Gasteiger partial charge in [0.1, 0.15) is 5.82 Å². The Balaban J connectivity index is 2.20. The molecule has 0 aliphatic carbocycles. The lowest BCUT2D eigenvalue weighted by Crippen LogP contribution is -2.45. The van der Waals surface area contributed by atoms with Crippen molar-refractivity contribution in [2.24, 2.45) is 16.6 Å². The van der Waals surface area contributed by atoms with E-state index >= 15 is 0 Å². The average molecular weight is 407 g/mol. The summed E-state index contributed by atoms with van der Waals surface area (Å²) in [5, 5.41) is 13.4. The van der Waals surface area contributed by atoms with Gasteiger partial charge in [-0.25, -0.2) is 19.6 Å². The molecule has 0 saturated carbocycles. The van der Waals surface area contributed by atoms with Gasteiger partial charge in [0.2, 0.25) is 5.90 Å². The summed E-state index contributed by atoms with van der Waals surface area (Å²) in [7, 11) is 0. The Morgan fingerprint density at radius 1 is 1.34 bits per heavy atom. The molecule has 1 aliphatic heterocycles. The van der Waals surface area contributed by atoms with Gasteiger partial charge in [-0.3, -0.25) is 5.21 Å². The Bertz CT molecular complexity index is 778. The van der Waals surface area contributed by atoms with Crippen molar-refractivity contribution in [3.05, 3.63) is 41.0 Å². The summed E-state index contributed by atoms with van der Waals surface area (Å²) >= 11 is 0. The maximum atomic E-state index is 14.0. The average Bonchev–Trinajstić information content (AvgIpc) is 2.64. The van der Waals surface area contributed by atoms with Gasteiger partial charge in [0, 0.05) is 24.4 Å². The molecule has 0 radical (unpaired) electrons. The summed E-state index contributed by atoms with van der Waals surface area (Å²) in [4.78, 5) is 16.8. The summed E-state index contributed by atoms with van der Waals surface area (Å²) < 4.78 is 19.5. The van der Waals surface area contributed by atoms with Crippen LogP contribution in [0.3, 0.4) is 0 Å². The number of rotatable bonds is 6. The molecule has 5 N–H and O–H groups in total. The van der Waals surface area contributed by atoms with Crippen LogP contribution in [0.4, 0.5) is 14.9 Å². The van der Waals surface area contributed by atoms with Crippen LogP contribution in [0.15, 0.2) is 29.0 Å². The zero-order valence-corrected chi connectivity index (χ0v) is 17.5. The third-order valence-corrected chi connectivity index (χ3v) is 4.51. The number of hydroxylamine groups is 1. The number of nitrogens with zero attached hydrogens (tertiary/aromatic N) is 2. The van der Waals surface area contributed by atoms with Crippen LogP contribution in [-0.2, 0) is 4.74 Å². The molecule has 8 nitrogen and oxygen atoms in total. The highest BCUT2D eigenvalue weighted by Crippen LogP contribution is 2.33. The van der Waals surface area contributed by atoms with Crippen LogP contribution in [0.1, 0.15) is 57.6 Å². The maximum Gasteiger partial charge on any atom is 0.339 e. The standard InChI is InChI=1S/C20H30FN5O3/c1-11(2)15-6-14(21)7-16(12(3)4)18(15)24-20(27)25-26(28)17(8-22)19-23-9-13(5)10-29-19/h6-8,11-13,28H,9-10,22H2,1-5H3,(H2,24,25,27)/b17-8+. The predicted octanol–water partition coefficient (Wildman–Crippen LogP) is 3.67. The van der Waals surface area contributed by atoms with E-state index in [4.69, 9.17) is 10.5 Å². The molecule has 0 aromatic heterocycles. The van der Waals surface area contributed by atoms with E-state index in [-0.39, 0.29) is 35.2 Å². The fraction of sp³-hybridized carbons (Fsp3) is 0.500. The number of amides is 2. The Morgan fingerprint density at radius 3 is 2.38 bits per heavy atom. The highest BCUT2D eigenvalue weighted by Gasteiger charge is 2.23. The van der Waals surface area contributed by atoms with E-state index < -0.39 is 6.03 Å². The summed E-state index contributed by atoms with van der Waals surface area (Å²) in [6.07, 6.45) is 1.09. The number of nitrogens with one attached hydrogen (secondary N) is 2. The van der Waals surface area contributed by atoms with Crippen molar-refractivity contribution < 1.29 is 19.1 Å². The van der Waals surface area contributed by atoms with Gasteiger partial charge in [-0.1, -0.05) is 34.6 Å². The Kier molecular flexibility index (Phi) is 7.44. The van der Waals surface area contributed by atoms with Gasteiger partial charge in [0.25, 0.3) is 0 Å². The van der Waals surface area contributed by atoms with E-state index in [1.165, 1.54) is 12.1 Å². The van der Waals surface area contributed by atoms with Gasteiger partial charge in [0.05, 0.1) is 6.61 Å². The van der Waals surface area contributed by atoms with E-state index in [0.717, 1.165) is 6.20 Å². The molecule has 1 aromatic carbocycles. The van der Waals surface area contributed by atoms with Crippen molar-refractivity contribution in [2.45, 2.75) is 46.5 Å². The molecule has 29 heavy (non-hydrogen) atoms. The molecule has 160 valence electrons. The Hall–Kier alpha value is -2.81. The quantitative estimate of drug-likeness (QED) is 0.538. The van der Waals surface area contributed by atoms with Gasteiger partial charge in [-0.05, 0) is 35.1 Å². The highest BCUT2D eigenvalue weighted by molar-refractivity contribution is 5.95. The fourth-order valence-corrected chi connectivity index (χ4v) is 2.95. The molecule has 0 fully saturated rings. The minimum atomic E-state index is -0.716. The number of nitrogens with two attached hydrogens (primary N) is 1. The van der Waals surface area contributed by atoms with Crippen molar-refractivity contribution in [3.8, 4) is 0 Å². The molecular formula is C20H30FN5O3. The maximum absolute atomic E-state index is 14.0. The number of urea groups is 1. The molecule has 0 spiro atoms. The van der Waals surface area contributed by atoms with Crippen LogP contribution in [0, 0.1) is 11.7 Å². The monoisotopic (exact) mass is 407 g/mol. The lowest BCUT2D eigenvalue weighted by atomic mass is 9.92. The number of hydrazine groups is 1. The fourth-order valence-electron chi connectivity index (χ4n) is 2.95. The second-order valence-corrected chi connectivity index (χ2v) is 7.76. The summed E-state index contributed by atoms with van der Waals surface area (Å²) in [5.41, 5.74) is 9.70. The zero-order valence-electron chi connectivity index (χ0n) is 17.5. The highest BCUT2D eigenvalue weighted by atomic mass is 19.1. The molecule has 1 unspecified atom stereocenters. The summed E-state index contributed by atoms with van der Waals surface area (Å²) in [6.45, 7) is 10.6. The molecule has 2 rings (SSSR count). The Morgan fingerprint density at radius 2 is 1.93 bits per heavy atom. The number of carbonyl (C=O) groups is 1. The SMILES string of the molecule is CC1CN=C(/C(=C\N)N(O)NC(=O)Nc2c(C(C)C)cc(F)cc2C(C)C)OC1. The molecule has 1 aliphatic rings. The molecule has 0 bridgehead atoms. The van der Waals surface area contributed by atoms with E-state index in [1.54, 1.807) is 0 Å². The van der Waals surface area contributed by atoms with Gasteiger partial charge >= 0.3 is 6.03 Å². The van der Waals surface area contributed by atoms with Crippen LogP contribution in [-0.4, -0.2) is 35.5 Å². The first kappa shape index (κ1) is 22.5. The number of anilines is 1. The lowest BCUT2D eigenvalue weighted by molar-refractivity contribution is -0.0832. The van der Waals surface area contributed by atoms with Crippen LogP contribution >= 0.6 is 0 Å². The first-order valence-corrected chi connectivity index (χ1v) is 9.63. The topological polar surface area (TPSA) is 112 Å². The second kappa shape index (κ2) is 9.60. The molecule has 2 amide bonds. The van der Waals surface area contributed by atoms with Crippen LogP contribution in [0.25, 0.3) is 0 Å². The van der Waals surface area contributed by atoms with E-state index in [1.807, 2.05) is 34.6 Å². The number of aliphatic imine (C=N–C) groups is 1.